The number of unbranched alkanes of at least 4 members (excludes halogenated alkanes) is 5. The van der Waals surface area contributed by atoms with Crippen molar-refractivity contribution in [1.29, 1.82) is 0 Å². The third-order valence-corrected chi connectivity index (χ3v) is 2.07. The first-order valence-corrected chi connectivity index (χ1v) is 5.55. The molecule has 0 saturated carbocycles. The Labute approximate surface area is 90.0 Å². The lowest BCUT2D eigenvalue weighted by Crippen LogP contribution is -2.13. The van der Waals surface area contributed by atoms with Crippen molar-refractivity contribution in [3.8, 4) is 0 Å². The Bertz CT molecular complexity index is 134. The first-order valence-electron chi connectivity index (χ1n) is 5.55. The standard InChI is InChI=1S/C11H20F3O/c1-2-3-4-5-6-7-9-15-10-8-11(12,13)14/h8H,2-7,9-10H2,1H3. The molecule has 4 heteroatoms. The van der Waals surface area contributed by atoms with Gasteiger partial charge in [-0.2, -0.15) is 13.2 Å². The van der Waals surface area contributed by atoms with Gasteiger partial charge in [-0.15, -0.1) is 0 Å². The van der Waals surface area contributed by atoms with E-state index in [2.05, 4.69) is 6.92 Å². The van der Waals surface area contributed by atoms with E-state index in [4.69, 9.17) is 4.74 Å². The summed E-state index contributed by atoms with van der Waals surface area (Å²) < 4.78 is 39.7. The molecule has 15 heavy (non-hydrogen) atoms. The van der Waals surface area contributed by atoms with E-state index in [-0.39, 0.29) is 13.0 Å². The lowest BCUT2D eigenvalue weighted by atomic mass is 10.1. The molecule has 0 aliphatic heterocycles. The Kier molecular flexibility index (Phi) is 8.86. The number of hydrogen-bond donors (Lipinski definition) is 0. The predicted molar refractivity (Wildman–Crippen MR) is 54.6 cm³/mol. The molecule has 0 aliphatic rings. The van der Waals surface area contributed by atoms with Crippen molar-refractivity contribution in [2.75, 3.05) is 13.2 Å². The summed E-state index contributed by atoms with van der Waals surface area (Å²) in [5, 5.41) is 0. The summed E-state index contributed by atoms with van der Waals surface area (Å²) in [6, 6.07) is 0. The molecule has 0 spiro atoms. The van der Waals surface area contributed by atoms with Gasteiger partial charge >= 0.3 is 6.18 Å². The molecule has 0 heterocycles. The lowest BCUT2D eigenvalue weighted by Gasteiger charge is -2.06. The van der Waals surface area contributed by atoms with Crippen LogP contribution < -0.4 is 0 Å². The van der Waals surface area contributed by atoms with E-state index in [0.717, 1.165) is 19.3 Å². The monoisotopic (exact) mass is 225 g/mol. The smallest absolute Gasteiger partial charge is 0.381 e. The van der Waals surface area contributed by atoms with E-state index in [0.29, 0.717) is 6.61 Å². The van der Waals surface area contributed by atoms with E-state index < -0.39 is 6.18 Å². The highest BCUT2D eigenvalue weighted by Crippen LogP contribution is 2.17. The fraction of sp³-hybridized carbons (Fsp3) is 0.909. The minimum absolute atomic E-state index is 0.240. The van der Waals surface area contributed by atoms with Gasteiger partial charge in [-0.25, -0.2) is 0 Å². The molecule has 0 saturated heterocycles. The first-order chi connectivity index (χ1) is 7.06. The van der Waals surface area contributed by atoms with Crippen LogP contribution in [0.15, 0.2) is 0 Å². The quantitative estimate of drug-likeness (QED) is 0.536. The Morgan fingerprint density at radius 1 is 1.00 bits per heavy atom. The molecule has 0 aromatic rings. The summed E-state index contributed by atoms with van der Waals surface area (Å²) in [6.45, 7) is 2.26. The normalized spacial score (nSPS) is 12.0. The van der Waals surface area contributed by atoms with E-state index in [1.807, 2.05) is 0 Å². The van der Waals surface area contributed by atoms with E-state index in [1.54, 1.807) is 0 Å². The van der Waals surface area contributed by atoms with Gasteiger partial charge in [0.2, 0.25) is 0 Å². The second-order valence-corrected chi connectivity index (χ2v) is 3.59. The molecule has 0 aromatic carbocycles. The zero-order valence-corrected chi connectivity index (χ0v) is 9.28. The van der Waals surface area contributed by atoms with Crippen molar-refractivity contribution in [3.63, 3.8) is 0 Å². The van der Waals surface area contributed by atoms with E-state index in [1.165, 1.54) is 19.3 Å². The molecule has 0 bridgehead atoms. The second-order valence-electron chi connectivity index (χ2n) is 3.59. The summed E-state index contributed by atoms with van der Waals surface area (Å²) in [5.74, 6) is 0. The van der Waals surface area contributed by atoms with Crippen molar-refractivity contribution >= 4 is 0 Å². The molecule has 0 rings (SSSR count). The van der Waals surface area contributed by atoms with E-state index in [9.17, 15) is 13.2 Å². The van der Waals surface area contributed by atoms with Crippen LogP contribution in [0.4, 0.5) is 13.2 Å². The second kappa shape index (κ2) is 9.01. The van der Waals surface area contributed by atoms with Crippen LogP contribution in [0, 0.1) is 6.42 Å². The van der Waals surface area contributed by atoms with Gasteiger partial charge in [-0.1, -0.05) is 39.0 Å². The molecule has 1 nitrogen and oxygen atoms in total. The maximum absolute atomic E-state index is 11.6. The van der Waals surface area contributed by atoms with Gasteiger partial charge in [0.05, 0.1) is 13.0 Å². The highest BCUT2D eigenvalue weighted by molar-refractivity contribution is 4.72. The molecule has 91 valence electrons. The highest BCUT2D eigenvalue weighted by atomic mass is 19.4. The molecule has 0 atom stereocenters. The first kappa shape index (κ1) is 14.8. The Morgan fingerprint density at radius 2 is 1.60 bits per heavy atom. The molecule has 0 aromatic heterocycles. The minimum Gasteiger partial charge on any atom is -0.381 e. The van der Waals surface area contributed by atoms with Crippen molar-refractivity contribution < 1.29 is 17.9 Å². The maximum atomic E-state index is 11.6. The van der Waals surface area contributed by atoms with Gasteiger partial charge < -0.3 is 4.74 Å². The molecule has 0 aliphatic carbocycles. The number of hydrogen-bond acceptors (Lipinski definition) is 1. The summed E-state index contributed by atoms with van der Waals surface area (Å²) in [4.78, 5) is 0. The van der Waals surface area contributed by atoms with Crippen molar-refractivity contribution in [1.82, 2.24) is 0 Å². The zero-order chi connectivity index (χ0) is 11.6. The molecule has 0 fully saturated rings. The molecule has 0 amide bonds. The molecular weight excluding hydrogens is 205 g/mol. The molecular formula is C11H20F3O. The number of alkyl halides is 3. The van der Waals surface area contributed by atoms with Gasteiger partial charge in [0.25, 0.3) is 0 Å². The van der Waals surface area contributed by atoms with Crippen LogP contribution >= 0.6 is 0 Å². The fourth-order valence-electron chi connectivity index (χ4n) is 1.22. The van der Waals surface area contributed by atoms with Crippen LogP contribution in [0.3, 0.4) is 0 Å². The van der Waals surface area contributed by atoms with Crippen LogP contribution in [0.1, 0.15) is 45.4 Å². The maximum Gasteiger partial charge on any atom is 0.394 e. The van der Waals surface area contributed by atoms with Gasteiger partial charge in [0.1, 0.15) is 0 Å². The third kappa shape index (κ3) is 13.8. The average Bonchev–Trinajstić information content (AvgIpc) is 2.14. The summed E-state index contributed by atoms with van der Waals surface area (Å²) >= 11 is 0. The van der Waals surface area contributed by atoms with Crippen LogP contribution in [-0.4, -0.2) is 19.4 Å². The van der Waals surface area contributed by atoms with Crippen molar-refractivity contribution in [2.24, 2.45) is 0 Å². The Morgan fingerprint density at radius 3 is 2.20 bits per heavy atom. The largest absolute Gasteiger partial charge is 0.394 e. The summed E-state index contributed by atoms with van der Waals surface area (Å²) in [5.41, 5.74) is 0. The van der Waals surface area contributed by atoms with Gasteiger partial charge in [0.15, 0.2) is 0 Å². The number of halogens is 3. The van der Waals surface area contributed by atoms with Gasteiger partial charge in [-0.05, 0) is 6.42 Å². The van der Waals surface area contributed by atoms with Crippen LogP contribution in [0.25, 0.3) is 0 Å². The van der Waals surface area contributed by atoms with Crippen LogP contribution in [-0.2, 0) is 4.74 Å². The molecule has 0 unspecified atom stereocenters. The zero-order valence-electron chi connectivity index (χ0n) is 9.28. The minimum atomic E-state index is -4.21. The van der Waals surface area contributed by atoms with Crippen LogP contribution in [0.2, 0.25) is 0 Å². The fourth-order valence-corrected chi connectivity index (χ4v) is 1.22. The highest BCUT2D eigenvalue weighted by Gasteiger charge is 2.26. The van der Waals surface area contributed by atoms with Crippen molar-refractivity contribution in [3.05, 3.63) is 6.42 Å². The van der Waals surface area contributed by atoms with E-state index >= 15 is 0 Å². The third-order valence-electron chi connectivity index (χ3n) is 2.07. The Hall–Kier alpha value is -0.250. The number of rotatable bonds is 9. The van der Waals surface area contributed by atoms with Crippen molar-refractivity contribution in [2.45, 2.75) is 51.6 Å². The lowest BCUT2D eigenvalue weighted by molar-refractivity contribution is -0.105. The molecule has 1 radical (unpaired) electrons. The summed E-state index contributed by atoms with van der Waals surface area (Å²) in [6.07, 6.45) is 2.75. The summed E-state index contributed by atoms with van der Waals surface area (Å²) in [7, 11) is 0. The molecule has 0 N–H and O–H groups in total. The Balaban J connectivity index is 2.99. The topological polar surface area (TPSA) is 9.23 Å². The van der Waals surface area contributed by atoms with Crippen LogP contribution in [0.5, 0.6) is 0 Å². The number of ether oxygens (including phenoxy) is 1. The predicted octanol–water partition coefficient (Wildman–Crippen LogP) is 4.13. The SMILES string of the molecule is CCCCCCCCOC[CH]C(F)(F)F. The average molecular weight is 225 g/mol. The van der Waals surface area contributed by atoms with Gasteiger partial charge in [0, 0.05) is 6.61 Å². The van der Waals surface area contributed by atoms with Gasteiger partial charge in [-0.3, -0.25) is 0 Å².